The second kappa shape index (κ2) is 4.37. The minimum absolute atomic E-state index is 0.351. The summed E-state index contributed by atoms with van der Waals surface area (Å²) in [6.07, 6.45) is 5.63. The zero-order chi connectivity index (χ0) is 10.8. The number of ether oxygens (including phenoxy) is 1. The van der Waals surface area contributed by atoms with E-state index < -0.39 is 0 Å². The maximum absolute atomic E-state index is 5.66. The van der Waals surface area contributed by atoms with Crippen LogP contribution in [0.5, 0.6) is 0 Å². The van der Waals surface area contributed by atoms with Gasteiger partial charge >= 0.3 is 0 Å². The fraction of sp³-hybridized carbons (Fsp3) is 0.846. The predicted octanol–water partition coefficient (Wildman–Crippen LogP) is 4.14. The molecule has 0 spiro atoms. The predicted molar refractivity (Wildman–Crippen MR) is 61.1 cm³/mol. The van der Waals surface area contributed by atoms with Gasteiger partial charge in [-0.15, -0.1) is 0 Å². The summed E-state index contributed by atoms with van der Waals surface area (Å²) >= 11 is 0. The highest BCUT2D eigenvalue weighted by molar-refractivity contribution is 4.84. The summed E-state index contributed by atoms with van der Waals surface area (Å²) in [5, 5.41) is 0. The Morgan fingerprint density at radius 3 is 2.29 bits per heavy atom. The van der Waals surface area contributed by atoms with Crippen LogP contribution in [-0.4, -0.2) is 6.10 Å². The molecule has 0 amide bonds. The van der Waals surface area contributed by atoms with Crippen LogP contribution in [0.15, 0.2) is 12.3 Å². The van der Waals surface area contributed by atoms with E-state index in [0.717, 1.165) is 11.7 Å². The van der Waals surface area contributed by atoms with E-state index in [1.54, 1.807) is 0 Å². The molecule has 0 aliphatic heterocycles. The van der Waals surface area contributed by atoms with Gasteiger partial charge in [0.25, 0.3) is 0 Å². The summed E-state index contributed by atoms with van der Waals surface area (Å²) in [6.45, 7) is 12.6. The van der Waals surface area contributed by atoms with E-state index in [1.165, 1.54) is 25.7 Å². The Hall–Kier alpha value is -0.460. The van der Waals surface area contributed by atoms with Crippen LogP contribution in [0.3, 0.4) is 0 Å². The molecule has 1 atom stereocenters. The second-order valence-corrected chi connectivity index (χ2v) is 5.53. The van der Waals surface area contributed by atoms with Crippen molar-refractivity contribution in [3.8, 4) is 0 Å². The van der Waals surface area contributed by atoms with Crippen LogP contribution in [-0.2, 0) is 4.74 Å². The molecule has 82 valence electrons. The molecule has 1 aliphatic carbocycles. The van der Waals surface area contributed by atoms with Gasteiger partial charge in [0.15, 0.2) is 0 Å². The van der Waals surface area contributed by atoms with E-state index in [4.69, 9.17) is 4.74 Å². The van der Waals surface area contributed by atoms with Crippen LogP contribution >= 0.6 is 0 Å². The van der Waals surface area contributed by atoms with Crippen molar-refractivity contribution in [2.75, 3.05) is 0 Å². The van der Waals surface area contributed by atoms with Gasteiger partial charge in [-0.3, -0.25) is 0 Å². The number of hydrogen-bond acceptors (Lipinski definition) is 1. The van der Waals surface area contributed by atoms with Crippen molar-refractivity contribution in [2.24, 2.45) is 11.3 Å². The van der Waals surface area contributed by atoms with Gasteiger partial charge in [0.2, 0.25) is 0 Å². The molecule has 0 aromatic carbocycles. The van der Waals surface area contributed by atoms with Crippen molar-refractivity contribution in [1.29, 1.82) is 0 Å². The Kier molecular flexibility index (Phi) is 3.63. The van der Waals surface area contributed by atoms with Crippen molar-refractivity contribution in [3.05, 3.63) is 12.3 Å². The van der Waals surface area contributed by atoms with Crippen LogP contribution < -0.4 is 0 Å². The fourth-order valence-electron chi connectivity index (χ4n) is 2.30. The maximum atomic E-state index is 5.66. The van der Waals surface area contributed by atoms with E-state index in [1.807, 2.05) is 6.92 Å². The van der Waals surface area contributed by atoms with Gasteiger partial charge in [0.1, 0.15) is 0 Å². The quantitative estimate of drug-likeness (QED) is 0.616. The first-order valence-corrected chi connectivity index (χ1v) is 5.73. The zero-order valence-electron chi connectivity index (χ0n) is 10.1. The SMILES string of the molecule is C=C(C)OC(C)C1CCC(C)(C)CC1. The maximum Gasteiger partial charge on any atom is 0.0982 e. The third kappa shape index (κ3) is 3.36. The minimum atomic E-state index is 0.351. The first-order valence-electron chi connectivity index (χ1n) is 5.73. The second-order valence-electron chi connectivity index (χ2n) is 5.53. The first-order chi connectivity index (χ1) is 6.41. The molecule has 0 saturated heterocycles. The first kappa shape index (κ1) is 11.6. The average Bonchev–Trinajstić information content (AvgIpc) is 2.02. The number of allylic oxidation sites excluding steroid dienone is 1. The van der Waals surface area contributed by atoms with Gasteiger partial charge in [-0.05, 0) is 50.9 Å². The lowest BCUT2D eigenvalue weighted by atomic mass is 9.72. The van der Waals surface area contributed by atoms with Gasteiger partial charge < -0.3 is 4.74 Å². The average molecular weight is 196 g/mol. The van der Waals surface area contributed by atoms with Crippen LogP contribution in [0, 0.1) is 11.3 Å². The lowest BCUT2D eigenvalue weighted by Crippen LogP contribution is -2.28. The molecule has 1 fully saturated rings. The highest BCUT2D eigenvalue weighted by Crippen LogP contribution is 2.39. The Morgan fingerprint density at radius 2 is 1.86 bits per heavy atom. The summed E-state index contributed by atoms with van der Waals surface area (Å²) in [6, 6.07) is 0. The molecule has 1 saturated carbocycles. The van der Waals surface area contributed by atoms with Crippen LogP contribution in [0.2, 0.25) is 0 Å². The van der Waals surface area contributed by atoms with E-state index in [-0.39, 0.29) is 0 Å². The van der Waals surface area contributed by atoms with Gasteiger partial charge in [0, 0.05) is 0 Å². The molecule has 0 radical (unpaired) electrons. The molecule has 0 bridgehead atoms. The Morgan fingerprint density at radius 1 is 1.36 bits per heavy atom. The monoisotopic (exact) mass is 196 g/mol. The summed E-state index contributed by atoms with van der Waals surface area (Å²) in [5.41, 5.74) is 0.555. The Bertz CT molecular complexity index is 195. The lowest BCUT2D eigenvalue weighted by molar-refractivity contribution is 0.0420. The minimum Gasteiger partial charge on any atom is -0.496 e. The third-order valence-electron chi connectivity index (χ3n) is 3.43. The van der Waals surface area contributed by atoms with E-state index in [0.29, 0.717) is 11.5 Å². The van der Waals surface area contributed by atoms with Gasteiger partial charge in [-0.25, -0.2) is 0 Å². The summed E-state index contributed by atoms with van der Waals surface area (Å²) in [4.78, 5) is 0. The molecule has 0 heterocycles. The highest BCUT2D eigenvalue weighted by atomic mass is 16.5. The van der Waals surface area contributed by atoms with Crippen LogP contribution in [0.1, 0.15) is 53.4 Å². The molecule has 1 rings (SSSR count). The van der Waals surface area contributed by atoms with E-state index >= 15 is 0 Å². The molecule has 14 heavy (non-hydrogen) atoms. The molecule has 1 nitrogen and oxygen atoms in total. The van der Waals surface area contributed by atoms with E-state index in [2.05, 4.69) is 27.4 Å². The number of rotatable bonds is 3. The van der Waals surface area contributed by atoms with Crippen LogP contribution in [0.25, 0.3) is 0 Å². The summed E-state index contributed by atoms with van der Waals surface area (Å²) < 4.78 is 5.66. The lowest BCUT2D eigenvalue weighted by Gasteiger charge is -2.36. The molecule has 1 aliphatic rings. The fourth-order valence-corrected chi connectivity index (χ4v) is 2.30. The smallest absolute Gasteiger partial charge is 0.0982 e. The Labute approximate surface area is 88.5 Å². The molecule has 1 unspecified atom stereocenters. The normalized spacial score (nSPS) is 24.3. The van der Waals surface area contributed by atoms with Crippen LogP contribution in [0.4, 0.5) is 0 Å². The number of hydrogen-bond donors (Lipinski definition) is 0. The largest absolute Gasteiger partial charge is 0.496 e. The zero-order valence-corrected chi connectivity index (χ0v) is 10.1. The summed E-state index contributed by atoms with van der Waals surface area (Å²) in [7, 11) is 0. The van der Waals surface area contributed by atoms with Gasteiger partial charge in [-0.1, -0.05) is 20.4 Å². The van der Waals surface area contributed by atoms with Crippen molar-refractivity contribution in [2.45, 2.75) is 59.5 Å². The van der Waals surface area contributed by atoms with Gasteiger partial charge in [0.05, 0.1) is 11.9 Å². The topological polar surface area (TPSA) is 9.23 Å². The molecular formula is C13H24O. The van der Waals surface area contributed by atoms with Crippen molar-refractivity contribution in [1.82, 2.24) is 0 Å². The molecule has 0 aromatic rings. The molecule has 0 N–H and O–H groups in total. The van der Waals surface area contributed by atoms with Crippen molar-refractivity contribution < 1.29 is 4.74 Å². The van der Waals surface area contributed by atoms with E-state index in [9.17, 15) is 0 Å². The van der Waals surface area contributed by atoms with Crippen molar-refractivity contribution in [3.63, 3.8) is 0 Å². The van der Waals surface area contributed by atoms with Crippen molar-refractivity contribution >= 4 is 0 Å². The van der Waals surface area contributed by atoms with Gasteiger partial charge in [-0.2, -0.15) is 0 Å². The molecule has 0 aromatic heterocycles. The standard InChI is InChI=1S/C13H24O/c1-10(2)14-11(3)12-6-8-13(4,5)9-7-12/h11-12H,1,6-9H2,2-5H3. The molecule has 1 heteroatoms. The Balaban J connectivity index is 2.37. The summed E-state index contributed by atoms with van der Waals surface area (Å²) in [5.74, 6) is 1.59. The highest BCUT2D eigenvalue weighted by Gasteiger charge is 2.30. The molecular weight excluding hydrogens is 172 g/mol. The third-order valence-corrected chi connectivity index (χ3v) is 3.43.